The fraction of sp³-hybridized carbons (Fsp3) is 0.780. The number of unbranched alkanes of at least 4 members (excludes halogenated alkanes) is 27. The summed E-state index contributed by atoms with van der Waals surface area (Å²) in [5.74, 6) is -0.0781. The van der Waals surface area contributed by atoms with Gasteiger partial charge in [0.15, 0.2) is 0 Å². The normalized spacial score (nSPS) is 13.5. The fourth-order valence-electron chi connectivity index (χ4n) is 6.86. The topological polar surface area (TPSA) is 69.6 Å². The van der Waals surface area contributed by atoms with Gasteiger partial charge in [-0.3, -0.25) is 4.79 Å². The Bertz CT molecular complexity index is 904. The van der Waals surface area contributed by atoms with Gasteiger partial charge in [0.25, 0.3) is 0 Å². The van der Waals surface area contributed by atoms with Gasteiger partial charge in [0.05, 0.1) is 18.8 Å². The molecule has 314 valence electrons. The average molecular weight is 754 g/mol. The van der Waals surface area contributed by atoms with Crippen molar-refractivity contribution in [3.05, 3.63) is 60.8 Å². The molecule has 4 heteroatoms. The molecule has 54 heavy (non-hydrogen) atoms. The molecule has 0 spiro atoms. The van der Waals surface area contributed by atoms with E-state index in [1.807, 2.05) is 6.08 Å². The molecule has 0 aromatic carbocycles. The van der Waals surface area contributed by atoms with E-state index in [1.54, 1.807) is 6.08 Å². The van der Waals surface area contributed by atoms with Gasteiger partial charge in [-0.25, -0.2) is 0 Å². The van der Waals surface area contributed by atoms with Crippen LogP contribution < -0.4 is 5.32 Å². The molecule has 4 nitrogen and oxygen atoms in total. The Labute approximate surface area is 336 Å². The van der Waals surface area contributed by atoms with E-state index in [4.69, 9.17) is 0 Å². The van der Waals surface area contributed by atoms with Crippen LogP contribution in [0.15, 0.2) is 60.8 Å². The lowest BCUT2D eigenvalue weighted by molar-refractivity contribution is -0.123. The van der Waals surface area contributed by atoms with Crippen molar-refractivity contribution in [1.29, 1.82) is 0 Å². The number of carbonyl (C=O) groups is 1. The number of hydrogen-bond acceptors (Lipinski definition) is 3. The summed E-state index contributed by atoms with van der Waals surface area (Å²) in [4.78, 5) is 12.3. The van der Waals surface area contributed by atoms with Crippen molar-refractivity contribution >= 4 is 5.91 Å². The molecule has 0 aromatic rings. The first kappa shape index (κ1) is 52.1. The lowest BCUT2D eigenvalue weighted by Gasteiger charge is -2.19. The Balaban J connectivity index is 3.40. The van der Waals surface area contributed by atoms with Crippen LogP contribution in [0.4, 0.5) is 0 Å². The van der Waals surface area contributed by atoms with E-state index in [-0.39, 0.29) is 12.5 Å². The number of aliphatic hydroxyl groups is 2. The molecule has 0 aliphatic heterocycles. The zero-order valence-electron chi connectivity index (χ0n) is 36.0. The van der Waals surface area contributed by atoms with Crippen LogP contribution in [0.3, 0.4) is 0 Å². The first-order chi connectivity index (χ1) is 26.7. The molecule has 3 N–H and O–H groups in total. The maximum absolute atomic E-state index is 12.3. The molecular weight excluding hydrogens is 663 g/mol. The highest BCUT2D eigenvalue weighted by molar-refractivity contribution is 5.76. The summed E-state index contributed by atoms with van der Waals surface area (Å²) in [6.07, 6.45) is 63.8. The van der Waals surface area contributed by atoms with Crippen molar-refractivity contribution in [2.45, 2.75) is 244 Å². The molecule has 0 rings (SSSR count). The number of amides is 1. The standard InChI is InChI=1S/C50H91NO3/c1-3-5-7-9-11-12-13-14-15-16-17-18-19-20-21-22-23-24-25-26-27-28-29-30-31-32-33-34-35-36-37-38-40-42-44-46-50(54)51-48(47-52)49(53)45-43-41-39-10-8-6-4-2/h8,10,13-14,16-17,19-20,43,45,48-49,52-53H,3-7,9,11-12,15,18,21-42,44,46-47H2,1-2H3,(H,51,54)/b10-8+,14-13-,17-16-,20-19-,45-43+. The SMILES string of the molecule is CCC/C=C/CC/C=C/C(O)C(CO)NC(=O)CCCCCCCCCCCCCCCCCCCCCC/C=C\C/C=C\C/C=C\CCCCCCC. The average Bonchev–Trinajstić information content (AvgIpc) is 3.18. The van der Waals surface area contributed by atoms with Gasteiger partial charge in [-0.1, -0.05) is 222 Å². The Morgan fingerprint density at radius 1 is 0.444 bits per heavy atom. The van der Waals surface area contributed by atoms with Crippen LogP contribution in [0.2, 0.25) is 0 Å². The van der Waals surface area contributed by atoms with Crippen LogP contribution in [-0.2, 0) is 4.79 Å². The van der Waals surface area contributed by atoms with E-state index in [0.29, 0.717) is 6.42 Å². The molecule has 0 aliphatic rings. The minimum absolute atomic E-state index is 0.0781. The molecule has 0 heterocycles. The van der Waals surface area contributed by atoms with Gasteiger partial charge >= 0.3 is 0 Å². The summed E-state index contributed by atoms with van der Waals surface area (Å²) in [6.45, 7) is 4.18. The number of carbonyl (C=O) groups excluding carboxylic acids is 1. The highest BCUT2D eigenvalue weighted by Gasteiger charge is 2.17. The van der Waals surface area contributed by atoms with Gasteiger partial charge in [-0.15, -0.1) is 0 Å². The molecule has 0 radical (unpaired) electrons. The largest absolute Gasteiger partial charge is 0.394 e. The minimum atomic E-state index is -0.858. The predicted molar refractivity (Wildman–Crippen MR) is 239 cm³/mol. The summed E-state index contributed by atoms with van der Waals surface area (Å²) < 4.78 is 0. The Morgan fingerprint density at radius 2 is 0.815 bits per heavy atom. The molecule has 0 aliphatic carbocycles. The highest BCUT2D eigenvalue weighted by atomic mass is 16.3. The molecule has 0 bridgehead atoms. The lowest BCUT2D eigenvalue weighted by Crippen LogP contribution is -2.45. The van der Waals surface area contributed by atoms with Crippen molar-refractivity contribution in [2.75, 3.05) is 6.61 Å². The van der Waals surface area contributed by atoms with Gasteiger partial charge in [0, 0.05) is 6.42 Å². The van der Waals surface area contributed by atoms with Gasteiger partial charge in [0.1, 0.15) is 0 Å². The number of hydrogen-bond donors (Lipinski definition) is 3. The molecule has 0 saturated heterocycles. The second-order valence-corrected chi connectivity index (χ2v) is 15.8. The smallest absolute Gasteiger partial charge is 0.220 e. The first-order valence-electron chi connectivity index (χ1n) is 23.5. The van der Waals surface area contributed by atoms with Crippen LogP contribution >= 0.6 is 0 Å². The monoisotopic (exact) mass is 754 g/mol. The van der Waals surface area contributed by atoms with Crippen molar-refractivity contribution in [3.8, 4) is 0 Å². The highest BCUT2D eigenvalue weighted by Crippen LogP contribution is 2.16. The summed E-state index contributed by atoms with van der Waals surface area (Å²) in [5, 5.41) is 22.7. The summed E-state index contributed by atoms with van der Waals surface area (Å²) in [7, 11) is 0. The second-order valence-electron chi connectivity index (χ2n) is 15.8. The van der Waals surface area contributed by atoms with Crippen molar-refractivity contribution in [1.82, 2.24) is 5.32 Å². The molecular formula is C50H91NO3. The maximum Gasteiger partial charge on any atom is 0.220 e. The Hall–Kier alpha value is -1.91. The molecule has 2 unspecified atom stereocenters. The van der Waals surface area contributed by atoms with Gasteiger partial charge in [-0.2, -0.15) is 0 Å². The van der Waals surface area contributed by atoms with Crippen LogP contribution in [-0.4, -0.2) is 34.9 Å². The number of rotatable bonds is 42. The number of nitrogens with one attached hydrogen (secondary N) is 1. The second kappa shape index (κ2) is 45.5. The maximum atomic E-state index is 12.3. The predicted octanol–water partition coefficient (Wildman–Crippen LogP) is 14.9. The molecule has 0 fully saturated rings. The third-order valence-electron chi connectivity index (χ3n) is 10.5. The van der Waals surface area contributed by atoms with Crippen LogP contribution in [0.5, 0.6) is 0 Å². The van der Waals surface area contributed by atoms with E-state index in [1.165, 1.54) is 161 Å². The Kier molecular flexibility index (Phi) is 43.9. The summed E-state index contributed by atoms with van der Waals surface area (Å²) in [5.41, 5.74) is 0. The third kappa shape index (κ3) is 41.3. The van der Waals surface area contributed by atoms with Crippen molar-refractivity contribution < 1.29 is 15.0 Å². The molecule has 1 amide bonds. The van der Waals surface area contributed by atoms with E-state index < -0.39 is 12.1 Å². The number of allylic oxidation sites excluding steroid dienone is 9. The number of aliphatic hydroxyl groups excluding tert-OH is 2. The molecule has 2 atom stereocenters. The minimum Gasteiger partial charge on any atom is -0.394 e. The van der Waals surface area contributed by atoms with E-state index in [0.717, 1.165) is 51.4 Å². The van der Waals surface area contributed by atoms with E-state index in [9.17, 15) is 15.0 Å². The lowest BCUT2D eigenvalue weighted by atomic mass is 10.0. The van der Waals surface area contributed by atoms with Crippen LogP contribution in [0.25, 0.3) is 0 Å². The van der Waals surface area contributed by atoms with E-state index in [2.05, 4.69) is 67.8 Å². The quantitative estimate of drug-likeness (QED) is 0.0429. The van der Waals surface area contributed by atoms with Crippen LogP contribution in [0, 0.1) is 0 Å². The summed E-state index contributed by atoms with van der Waals surface area (Å²) in [6, 6.07) is -0.636. The molecule has 0 aromatic heterocycles. The first-order valence-corrected chi connectivity index (χ1v) is 23.5. The van der Waals surface area contributed by atoms with Gasteiger partial charge in [-0.05, 0) is 64.2 Å². The third-order valence-corrected chi connectivity index (χ3v) is 10.5. The van der Waals surface area contributed by atoms with Gasteiger partial charge < -0.3 is 15.5 Å². The summed E-state index contributed by atoms with van der Waals surface area (Å²) >= 11 is 0. The van der Waals surface area contributed by atoms with Crippen molar-refractivity contribution in [3.63, 3.8) is 0 Å². The van der Waals surface area contributed by atoms with Gasteiger partial charge in [0.2, 0.25) is 5.91 Å². The fourth-order valence-corrected chi connectivity index (χ4v) is 6.86. The zero-order chi connectivity index (χ0) is 39.3. The van der Waals surface area contributed by atoms with Crippen molar-refractivity contribution in [2.24, 2.45) is 0 Å². The molecule has 0 saturated carbocycles. The van der Waals surface area contributed by atoms with Crippen LogP contribution in [0.1, 0.15) is 232 Å². The Morgan fingerprint density at radius 3 is 1.26 bits per heavy atom. The van der Waals surface area contributed by atoms with E-state index >= 15 is 0 Å². The zero-order valence-corrected chi connectivity index (χ0v) is 36.0.